The Labute approximate surface area is 140 Å². The maximum Gasteiger partial charge on any atom is 0.239 e. The summed E-state index contributed by atoms with van der Waals surface area (Å²) in [6.45, 7) is 0.710. The van der Waals surface area contributed by atoms with Gasteiger partial charge in [0.05, 0.1) is 18.9 Å². The van der Waals surface area contributed by atoms with Gasteiger partial charge in [-0.2, -0.15) is 4.31 Å². The molecule has 2 heterocycles. The molecule has 1 fully saturated rings. The van der Waals surface area contributed by atoms with Crippen LogP contribution in [0.2, 0.25) is 0 Å². The second kappa shape index (κ2) is 6.96. The number of anilines is 1. The number of nitrogens with zero attached hydrogens (tertiary/aromatic N) is 1. The predicted molar refractivity (Wildman–Crippen MR) is 86.6 cm³/mol. The van der Waals surface area contributed by atoms with Crippen molar-refractivity contribution in [3.63, 3.8) is 0 Å². The minimum absolute atomic E-state index is 0.149. The molecule has 1 amide bonds. The van der Waals surface area contributed by atoms with Gasteiger partial charge in [0.25, 0.3) is 0 Å². The van der Waals surface area contributed by atoms with Crippen LogP contribution in [0.4, 0.5) is 5.69 Å². The molecule has 9 heteroatoms. The number of carbonyl (C=O) groups is 1. The van der Waals surface area contributed by atoms with Crippen LogP contribution in [0.3, 0.4) is 0 Å². The highest BCUT2D eigenvalue weighted by Crippen LogP contribution is 2.34. The minimum Gasteiger partial charge on any atom is -0.454 e. The third-order valence-electron chi connectivity index (χ3n) is 3.88. The van der Waals surface area contributed by atoms with Crippen molar-refractivity contribution in [2.24, 2.45) is 0 Å². The van der Waals surface area contributed by atoms with E-state index in [1.54, 1.807) is 18.2 Å². The Morgan fingerprint density at radius 1 is 1.33 bits per heavy atom. The number of nitrogens with one attached hydrogen (secondary N) is 1. The number of sulfonamides is 1. The van der Waals surface area contributed by atoms with Gasteiger partial charge in [0, 0.05) is 24.9 Å². The molecule has 2 aliphatic rings. The average Bonchev–Trinajstić information content (AvgIpc) is 3.16. The topological polar surface area (TPSA) is 94.2 Å². The lowest BCUT2D eigenvalue weighted by Crippen LogP contribution is -2.41. The van der Waals surface area contributed by atoms with Crippen molar-refractivity contribution in [1.29, 1.82) is 0 Å². The third-order valence-corrected chi connectivity index (χ3v) is 5.09. The lowest BCUT2D eigenvalue weighted by Gasteiger charge is -2.22. The van der Waals surface area contributed by atoms with E-state index in [-0.39, 0.29) is 26.0 Å². The number of benzene rings is 1. The first-order chi connectivity index (χ1) is 11.4. The first-order valence-corrected chi connectivity index (χ1v) is 9.53. The summed E-state index contributed by atoms with van der Waals surface area (Å²) >= 11 is 0. The molecule has 24 heavy (non-hydrogen) atoms. The van der Waals surface area contributed by atoms with Crippen LogP contribution in [-0.4, -0.2) is 57.5 Å². The maximum absolute atomic E-state index is 12.2. The lowest BCUT2D eigenvalue weighted by atomic mass is 10.2. The summed E-state index contributed by atoms with van der Waals surface area (Å²) in [7, 11) is -3.50. The number of hydrogen-bond donors (Lipinski definition) is 1. The van der Waals surface area contributed by atoms with Gasteiger partial charge >= 0.3 is 0 Å². The summed E-state index contributed by atoms with van der Waals surface area (Å²) in [5, 5.41) is 2.68. The standard InChI is InChI=1S/C15H20N2O6S/c1-24(19,20)17(8-12-3-2-6-21-12)9-15(18)16-11-4-5-13-14(7-11)23-10-22-13/h4-5,7,12H,2-3,6,8-10H2,1H3,(H,16,18). The lowest BCUT2D eigenvalue weighted by molar-refractivity contribution is -0.116. The van der Waals surface area contributed by atoms with Crippen LogP contribution in [0.15, 0.2) is 18.2 Å². The van der Waals surface area contributed by atoms with Gasteiger partial charge in [0.1, 0.15) is 0 Å². The zero-order valence-electron chi connectivity index (χ0n) is 13.4. The Morgan fingerprint density at radius 3 is 2.83 bits per heavy atom. The number of fused-ring (bicyclic) bond motifs is 1. The molecule has 1 unspecified atom stereocenters. The largest absolute Gasteiger partial charge is 0.454 e. The van der Waals surface area contributed by atoms with E-state index < -0.39 is 15.9 Å². The summed E-state index contributed by atoms with van der Waals surface area (Å²) in [4.78, 5) is 12.2. The van der Waals surface area contributed by atoms with Crippen LogP contribution in [-0.2, 0) is 19.6 Å². The highest BCUT2D eigenvalue weighted by Gasteiger charge is 2.26. The zero-order chi connectivity index (χ0) is 17.2. The van der Waals surface area contributed by atoms with E-state index in [1.165, 1.54) is 0 Å². The zero-order valence-corrected chi connectivity index (χ0v) is 14.2. The van der Waals surface area contributed by atoms with E-state index in [0.717, 1.165) is 23.4 Å². The molecule has 1 aromatic carbocycles. The Bertz CT molecular complexity index is 715. The normalized spacial score (nSPS) is 19.7. The fourth-order valence-electron chi connectivity index (χ4n) is 2.67. The third kappa shape index (κ3) is 4.16. The van der Waals surface area contributed by atoms with Crippen molar-refractivity contribution in [1.82, 2.24) is 4.31 Å². The molecule has 1 aromatic rings. The molecule has 3 rings (SSSR count). The Morgan fingerprint density at radius 2 is 2.12 bits per heavy atom. The van der Waals surface area contributed by atoms with Crippen LogP contribution in [0.25, 0.3) is 0 Å². The maximum atomic E-state index is 12.2. The van der Waals surface area contributed by atoms with E-state index in [4.69, 9.17) is 14.2 Å². The highest BCUT2D eigenvalue weighted by molar-refractivity contribution is 7.88. The van der Waals surface area contributed by atoms with Crippen molar-refractivity contribution in [3.8, 4) is 11.5 Å². The summed E-state index contributed by atoms with van der Waals surface area (Å²) in [6, 6.07) is 5.01. The first kappa shape index (κ1) is 17.0. The fraction of sp³-hybridized carbons (Fsp3) is 0.533. The first-order valence-electron chi connectivity index (χ1n) is 7.68. The molecule has 1 N–H and O–H groups in total. The monoisotopic (exact) mass is 356 g/mol. The van der Waals surface area contributed by atoms with Crippen LogP contribution in [0, 0.1) is 0 Å². The molecule has 8 nitrogen and oxygen atoms in total. The molecular formula is C15H20N2O6S. The van der Waals surface area contributed by atoms with Gasteiger partial charge in [0.2, 0.25) is 22.7 Å². The van der Waals surface area contributed by atoms with E-state index >= 15 is 0 Å². The van der Waals surface area contributed by atoms with Gasteiger partial charge in [-0.3, -0.25) is 4.79 Å². The molecule has 132 valence electrons. The van der Waals surface area contributed by atoms with Crippen LogP contribution >= 0.6 is 0 Å². The Hall–Kier alpha value is -1.84. The second-order valence-electron chi connectivity index (χ2n) is 5.81. The quantitative estimate of drug-likeness (QED) is 0.810. The number of ether oxygens (including phenoxy) is 3. The van der Waals surface area contributed by atoms with E-state index in [1.807, 2.05) is 0 Å². The molecule has 0 aliphatic carbocycles. The van der Waals surface area contributed by atoms with Gasteiger partial charge < -0.3 is 19.5 Å². The number of rotatable bonds is 6. The van der Waals surface area contributed by atoms with Crippen molar-refractivity contribution in [3.05, 3.63) is 18.2 Å². The fourth-order valence-corrected chi connectivity index (χ4v) is 3.46. The molecule has 0 spiro atoms. The van der Waals surface area contributed by atoms with Crippen molar-refractivity contribution >= 4 is 21.6 Å². The van der Waals surface area contributed by atoms with Gasteiger partial charge in [-0.15, -0.1) is 0 Å². The second-order valence-corrected chi connectivity index (χ2v) is 7.79. The van der Waals surface area contributed by atoms with Gasteiger partial charge in [-0.05, 0) is 25.0 Å². The van der Waals surface area contributed by atoms with Gasteiger partial charge in [-0.1, -0.05) is 0 Å². The van der Waals surface area contributed by atoms with E-state index in [9.17, 15) is 13.2 Å². The molecule has 0 aromatic heterocycles. The molecule has 0 bridgehead atoms. The molecule has 0 saturated carbocycles. The highest BCUT2D eigenvalue weighted by atomic mass is 32.2. The Balaban J connectivity index is 1.62. The van der Waals surface area contributed by atoms with Crippen LogP contribution < -0.4 is 14.8 Å². The number of carbonyl (C=O) groups excluding carboxylic acids is 1. The molecule has 2 aliphatic heterocycles. The average molecular weight is 356 g/mol. The Kier molecular flexibility index (Phi) is 4.93. The minimum atomic E-state index is -3.50. The number of amides is 1. The molecule has 0 radical (unpaired) electrons. The van der Waals surface area contributed by atoms with Crippen molar-refractivity contribution < 1.29 is 27.4 Å². The van der Waals surface area contributed by atoms with Gasteiger partial charge in [-0.25, -0.2) is 8.42 Å². The summed E-state index contributed by atoms with van der Waals surface area (Å²) < 4.78 is 40.9. The summed E-state index contributed by atoms with van der Waals surface area (Å²) in [5.41, 5.74) is 0.523. The SMILES string of the molecule is CS(=O)(=O)N(CC(=O)Nc1ccc2c(c1)OCO2)CC1CCCO1. The molecule has 1 saturated heterocycles. The number of hydrogen-bond acceptors (Lipinski definition) is 6. The van der Waals surface area contributed by atoms with Crippen LogP contribution in [0.5, 0.6) is 11.5 Å². The van der Waals surface area contributed by atoms with Gasteiger partial charge in [0.15, 0.2) is 11.5 Å². The van der Waals surface area contributed by atoms with Crippen LogP contribution in [0.1, 0.15) is 12.8 Å². The predicted octanol–water partition coefficient (Wildman–Crippen LogP) is 0.794. The summed E-state index contributed by atoms with van der Waals surface area (Å²) in [5.74, 6) is 0.744. The summed E-state index contributed by atoms with van der Waals surface area (Å²) in [6.07, 6.45) is 2.65. The van der Waals surface area contributed by atoms with Crippen molar-refractivity contribution in [2.45, 2.75) is 18.9 Å². The molecule has 1 atom stereocenters. The van der Waals surface area contributed by atoms with E-state index in [0.29, 0.717) is 23.8 Å². The van der Waals surface area contributed by atoms with Crippen molar-refractivity contribution in [2.75, 3.05) is 38.1 Å². The van der Waals surface area contributed by atoms with E-state index in [2.05, 4.69) is 5.32 Å². The molecular weight excluding hydrogens is 336 g/mol. The smallest absolute Gasteiger partial charge is 0.239 e.